The Kier molecular flexibility index (Phi) is 5.52. The topological polar surface area (TPSA) is 75.6 Å². The van der Waals surface area contributed by atoms with Crippen molar-refractivity contribution in [2.45, 2.75) is 31.0 Å². The summed E-state index contributed by atoms with van der Waals surface area (Å²) >= 11 is 3.20. The molecule has 0 heterocycles. The summed E-state index contributed by atoms with van der Waals surface area (Å²) in [4.78, 5) is 0.136. The molecule has 19 heavy (non-hydrogen) atoms. The van der Waals surface area contributed by atoms with Crippen LogP contribution in [0, 0.1) is 0 Å². The van der Waals surface area contributed by atoms with Crippen molar-refractivity contribution in [3.8, 4) is 0 Å². The number of hydrogen-bond acceptors (Lipinski definition) is 4. The third kappa shape index (κ3) is 4.54. The Labute approximate surface area is 122 Å². The van der Waals surface area contributed by atoms with Gasteiger partial charge in [-0.3, -0.25) is 0 Å². The lowest BCUT2D eigenvalue weighted by atomic mass is 10.1. The van der Waals surface area contributed by atoms with Crippen molar-refractivity contribution in [3.63, 3.8) is 0 Å². The standard InChI is InChI=1S/C12H18BrNO4S/c1-12(2,18-3)8-14-19(16,17)11-5-4-9(7-15)6-10(11)13/h4-6,14-15H,7-8H2,1-3H3. The van der Waals surface area contributed by atoms with Gasteiger partial charge >= 0.3 is 0 Å². The molecule has 2 N–H and O–H groups in total. The molecule has 0 fully saturated rings. The van der Waals surface area contributed by atoms with Crippen LogP contribution in [0.15, 0.2) is 27.6 Å². The molecule has 0 aliphatic heterocycles. The molecule has 0 atom stereocenters. The normalized spacial score (nSPS) is 12.7. The summed E-state index contributed by atoms with van der Waals surface area (Å²) in [5, 5.41) is 9.00. The molecule has 0 spiro atoms. The van der Waals surface area contributed by atoms with E-state index in [1.165, 1.54) is 13.2 Å². The van der Waals surface area contributed by atoms with Gasteiger partial charge in [0.15, 0.2) is 0 Å². The number of benzene rings is 1. The molecular formula is C12H18BrNO4S. The number of methoxy groups -OCH3 is 1. The van der Waals surface area contributed by atoms with E-state index in [-0.39, 0.29) is 18.0 Å². The zero-order valence-corrected chi connectivity index (χ0v) is 13.5. The highest BCUT2D eigenvalue weighted by molar-refractivity contribution is 9.10. The van der Waals surface area contributed by atoms with Gasteiger partial charge < -0.3 is 9.84 Å². The Balaban J connectivity index is 2.95. The second-order valence-electron chi connectivity index (χ2n) is 4.71. The zero-order chi connectivity index (χ0) is 14.7. The van der Waals surface area contributed by atoms with E-state index in [1.54, 1.807) is 26.0 Å². The summed E-state index contributed by atoms with van der Waals surface area (Å²) in [6, 6.07) is 4.61. The summed E-state index contributed by atoms with van der Waals surface area (Å²) in [5.41, 5.74) is 0.0629. The third-order valence-corrected chi connectivity index (χ3v) is 5.09. The average molecular weight is 352 g/mol. The van der Waals surface area contributed by atoms with E-state index in [0.29, 0.717) is 10.0 Å². The van der Waals surface area contributed by atoms with E-state index < -0.39 is 15.6 Å². The van der Waals surface area contributed by atoms with Crippen LogP contribution in [0.25, 0.3) is 0 Å². The summed E-state index contributed by atoms with van der Waals surface area (Å²) in [7, 11) is -2.09. The van der Waals surface area contributed by atoms with Crippen molar-refractivity contribution in [2.24, 2.45) is 0 Å². The minimum Gasteiger partial charge on any atom is -0.392 e. The molecular weight excluding hydrogens is 334 g/mol. The lowest BCUT2D eigenvalue weighted by molar-refractivity contribution is 0.0276. The van der Waals surface area contributed by atoms with Crippen molar-refractivity contribution in [1.29, 1.82) is 0 Å². The molecule has 5 nitrogen and oxygen atoms in total. The van der Waals surface area contributed by atoms with Crippen LogP contribution in [0.1, 0.15) is 19.4 Å². The van der Waals surface area contributed by atoms with Crippen molar-refractivity contribution in [2.75, 3.05) is 13.7 Å². The number of aliphatic hydroxyl groups excluding tert-OH is 1. The number of aliphatic hydroxyl groups is 1. The van der Waals surface area contributed by atoms with Crippen molar-refractivity contribution >= 4 is 26.0 Å². The molecule has 1 aromatic rings. The highest BCUT2D eigenvalue weighted by Gasteiger charge is 2.23. The Morgan fingerprint density at radius 2 is 2.05 bits per heavy atom. The number of hydrogen-bond donors (Lipinski definition) is 2. The molecule has 0 saturated carbocycles. The smallest absolute Gasteiger partial charge is 0.241 e. The molecule has 0 aliphatic rings. The summed E-state index contributed by atoms with van der Waals surface area (Å²) in [5.74, 6) is 0. The van der Waals surface area contributed by atoms with Gasteiger partial charge in [-0.05, 0) is 47.5 Å². The molecule has 0 aliphatic carbocycles. The van der Waals surface area contributed by atoms with E-state index >= 15 is 0 Å². The van der Waals surface area contributed by atoms with Crippen LogP contribution in [-0.4, -0.2) is 32.8 Å². The van der Waals surface area contributed by atoms with Crippen LogP contribution >= 0.6 is 15.9 Å². The van der Waals surface area contributed by atoms with Gasteiger partial charge in [0, 0.05) is 18.1 Å². The van der Waals surface area contributed by atoms with Crippen LogP contribution in [-0.2, 0) is 21.4 Å². The maximum atomic E-state index is 12.2. The number of sulfonamides is 1. The molecule has 0 aromatic heterocycles. The zero-order valence-electron chi connectivity index (χ0n) is 11.1. The van der Waals surface area contributed by atoms with Crippen molar-refractivity contribution in [1.82, 2.24) is 4.72 Å². The lowest BCUT2D eigenvalue weighted by Crippen LogP contribution is -2.39. The number of halogens is 1. The highest BCUT2D eigenvalue weighted by Crippen LogP contribution is 2.23. The Morgan fingerprint density at radius 3 is 2.53 bits per heavy atom. The van der Waals surface area contributed by atoms with Gasteiger partial charge in [-0.1, -0.05) is 6.07 Å². The fourth-order valence-electron chi connectivity index (χ4n) is 1.28. The number of rotatable bonds is 6. The van der Waals surface area contributed by atoms with Gasteiger partial charge in [-0.2, -0.15) is 0 Å². The van der Waals surface area contributed by atoms with Gasteiger partial charge in [-0.25, -0.2) is 13.1 Å². The molecule has 0 amide bonds. The molecule has 1 aromatic carbocycles. The maximum absolute atomic E-state index is 12.2. The van der Waals surface area contributed by atoms with E-state index in [0.717, 1.165) is 0 Å². The first-order valence-corrected chi connectivity index (χ1v) is 7.93. The Morgan fingerprint density at radius 1 is 1.42 bits per heavy atom. The van der Waals surface area contributed by atoms with Crippen molar-refractivity contribution in [3.05, 3.63) is 28.2 Å². The first-order chi connectivity index (χ1) is 8.72. The SMILES string of the molecule is COC(C)(C)CNS(=O)(=O)c1ccc(CO)cc1Br. The fourth-order valence-corrected chi connectivity index (χ4v) is 3.60. The molecule has 0 unspecified atom stereocenters. The molecule has 0 bridgehead atoms. The largest absolute Gasteiger partial charge is 0.392 e. The molecule has 1 rings (SSSR count). The van der Waals surface area contributed by atoms with Crippen LogP contribution in [0.2, 0.25) is 0 Å². The highest BCUT2D eigenvalue weighted by atomic mass is 79.9. The number of ether oxygens (including phenoxy) is 1. The monoisotopic (exact) mass is 351 g/mol. The minimum atomic E-state index is -3.62. The van der Waals surface area contributed by atoms with E-state index in [4.69, 9.17) is 9.84 Å². The molecule has 0 saturated heterocycles. The quantitative estimate of drug-likeness (QED) is 0.816. The minimum absolute atomic E-state index is 0.136. The van der Waals surface area contributed by atoms with Gasteiger partial charge in [0.2, 0.25) is 10.0 Å². The van der Waals surface area contributed by atoms with E-state index in [2.05, 4.69) is 20.7 Å². The number of nitrogens with one attached hydrogen (secondary N) is 1. The molecule has 7 heteroatoms. The van der Waals surface area contributed by atoms with Crippen LogP contribution < -0.4 is 4.72 Å². The van der Waals surface area contributed by atoms with E-state index in [9.17, 15) is 8.42 Å². The third-order valence-electron chi connectivity index (χ3n) is 2.71. The first kappa shape index (κ1) is 16.6. The summed E-state index contributed by atoms with van der Waals surface area (Å²) < 4.78 is 32.4. The summed E-state index contributed by atoms with van der Waals surface area (Å²) in [6.07, 6.45) is 0. The molecule has 0 radical (unpaired) electrons. The van der Waals surface area contributed by atoms with Gasteiger partial charge in [0.1, 0.15) is 0 Å². The Bertz CT molecular complexity index is 543. The Hall–Kier alpha value is -0.470. The van der Waals surface area contributed by atoms with Crippen LogP contribution in [0.4, 0.5) is 0 Å². The van der Waals surface area contributed by atoms with E-state index in [1.807, 2.05) is 0 Å². The van der Waals surface area contributed by atoms with Crippen molar-refractivity contribution < 1.29 is 18.3 Å². The van der Waals surface area contributed by atoms with Gasteiger partial charge in [0.05, 0.1) is 17.1 Å². The lowest BCUT2D eigenvalue weighted by Gasteiger charge is -2.23. The second kappa shape index (κ2) is 6.32. The average Bonchev–Trinajstić information content (AvgIpc) is 2.36. The summed E-state index contributed by atoms with van der Waals surface area (Å²) in [6.45, 7) is 3.61. The van der Waals surface area contributed by atoms with Gasteiger partial charge in [0.25, 0.3) is 0 Å². The predicted octanol–water partition coefficient (Wildman–Crippen LogP) is 1.64. The maximum Gasteiger partial charge on any atom is 0.241 e. The van der Waals surface area contributed by atoms with Crippen LogP contribution in [0.5, 0.6) is 0 Å². The fraction of sp³-hybridized carbons (Fsp3) is 0.500. The van der Waals surface area contributed by atoms with Crippen LogP contribution in [0.3, 0.4) is 0 Å². The second-order valence-corrected chi connectivity index (χ2v) is 7.30. The van der Waals surface area contributed by atoms with Gasteiger partial charge in [-0.15, -0.1) is 0 Å². The first-order valence-electron chi connectivity index (χ1n) is 5.66. The molecule has 108 valence electrons. The predicted molar refractivity (Wildman–Crippen MR) is 76.3 cm³/mol.